The Morgan fingerprint density at radius 2 is 1.94 bits per heavy atom. The largest absolute Gasteiger partial charge is 0.468 e. The molecule has 1 rings (SSSR count). The average molecular weight is 239 g/mol. The third-order valence-electron chi connectivity index (χ3n) is 2.56. The van der Waals surface area contributed by atoms with Gasteiger partial charge in [-0.15, -0.1) is 0 Å². The van der Waals surface area contributed by atoms with Crippen LogP contribution in [0, 0.1) is 11.7 Å². The van der Waals surface area contributed by atoms with Gasteiger partial charge in [-0.3, -0.25) is 4.79 Å². The van der Waals surface area contributed by atoms with Crippen LogP contribution in [0.5, 0.6) is 0 Å². The zero-order valence-corrected chi connectivity index (χ0v) is 10.4. The predicted molar refractivity (Wildman–Crippen MR) is 63.9 cm³/mol. The van der Waals surface area contributed by atoms with Gasteiger partial charge in [-0.25, -0.2) is 4.39 Å². The molecule has 0 aliphatic carbocycles. The predicted octanol–water partition coefficient (Wildman–Crippen LogP) is 2.11. The molecule has 0 aromatic heterocycles. The first kappa shape index (κ1) is 13.6. The zero-order chi connectivity index (χ0) is 12.8. The van der Waals surface area contributed by atoms with Gasteiger partial charge in [0, 0.05) is 6.54 Å². The number of hydrogen-bond donors (Lipinski definition) is 1. The molecule has 1 aromatic carbocycles. The second-order valence-corrected chi connectivity index (χ2v) is 4.25. The van der Waals surface area contributed by atoms with Crippen LogP contribution in [-0.4, -0.2) is 19.1 Å². The van der Waals surface area contributed by atoms with E-state index in [0.29, 0.717) is 6.54 Å². The van der Waals surface area contributed by atoms with Crippen molar-refractivity contribution in [2.75, 3.05) is 7.11 Å². The van der Waals surface area contributed by atoms with Crippen LogP contribution >= 0.6 is 0 Å². The second-order valence-electron chi connectivity index (χ2n) is 4.25. The van der Waals surface area contributed by atoms with Crippen LogP contribution in [0.1, 0.15) is 19.4 Å². The summed E-state index contributed by atoms with van der Waals surface area (Å²) < 4.78 is 17.4. The number of rotatable bonds is 5. The summed E-state index contributed by atoms with van der Waals surface area (Å²) in [6.07, 6.45) is 0. The molecule has 0 spiro atoms. The van der Waals surface area contributed by atoms with E-state index in [9.17, 15) is 9.18 Å². The molecular weight excluding hydrogens is 221 g/mol. The molecule has 1 unspecified atom stereocenters. The summed E-state index contributed by atoms with van der Waals surface area (Å²) in [5.41, 5.74) is 0.931. The summed E-state index contributed by atoms with van der Waals surface area (Å²) >= 11 is 0. The molecule has 0 aliphatic heterocycles. The third-order valence-corrected chi connectivity index (χ3v) is 2.56. The molecule has 94 valence electrons. The molecule has 0 saturated carbocycles. The monoisotopic (exact) mass is 239 g/mol. The highest BCUT2D eigenvalue weighted by Crippen LogP contribution is 2.07. The van der Waals surface area contributed by atoms with Crippen LogP contribution in [0.3, 0.4) is 0 Å². The van der Waals surface area contributed by atoms with Crippen molar-refractivity contribution in [3.8, 4) is 0 Å². The SMILES string of the molecule is COC(=O)C(NCc1ccc(F)cc1)C(C)C. The first-order valence-electron chi connectivity index (χ1n) is 5.60. The standard InChI is InChI=1S/C13H18FNO2/c1-9(2)12(13(16)17-3)15-8-10-4-6-11(14)7-5-10/h4-7,9,12,15H,8H2,1-3H3. The fourth-order valence-corrected chi connectivity index (χ4v) is 1.55. The van der Waals surface area contributed by atoms with E-state index in [2.05, 4.69) is 5.32 Å². The Kier molecular flexibility index (Phi) is 5.10. The first-order chi connectivity index (χ1) is 8.04. The lowest BCUT2D eigenvalue weighted by atomic mass is 10.0. The fraction of sp³-hybridized carbons (Fsp3) is 0.462. The van der Waals surface area contributed by atoms with Crippen LogP contribution in [-0.2, 0) is 16.1 Å². The summed E-state index contributed by atoms with van der Waals surface area (Å²) in [5, 5.41) is 3.11. The van der Waals surface area contributed by atoms with Gasteiger partial charge < -0.3 is 10.1 Å². The quantitative estimate of drug-likeness (QED) is 0.800. The number of nitrogens with one attached hydrogen (secondary N) is 1. The van der Waals surface area contributed by atoms with Crippen LogP contribution < -0.4 is 5.32 Å². The number of esters is 1. The molecule has 0 heterocycles. The summed E-state index contributed by atoms with van der Waals surface area (Å²) in [6, 6.07) is 5.85. The molecule has 17 heavy (non-hydrogen) atoms. The number of methoxy groups -OCH3 is 1. The molecule has 0 amide bonds. The van der Waals surface area contributed by atoms with Gasteiger partial charge in [0.05, 0.1) is 7.11 Å². The Morgan fingerprint density at radius 1 is 1.35 bits per heavy atom. The van der Waals surface area contributed by atoms with Crippen molar-refractivity contribution in [2.24, 2.45) is 5.92 Å². The number of benzene rings is 1. The van der Waals surface area contributed by atoms with E-state index in [1.807, 2.05) is 13.8 Å². The summed E-state index contributed by atoms with van der Waals surface area (Å²) in [6.45, 7) is 4.40. The minimum absolute atomic E-state index is 0.142. The van der Waals surface area contributed by atoms with E-state index < -0.39 is 0 Å². The summed E-state index contributed by atoms with van der Waals surface area (Å²) in [5.74, 6) is -0.396. The number of carbonyl (C=O) groups is 1. The molecule has 1 atom stereocenters. The van der Waals surface area contributed by atoms with Gasteiger partial charge in [0.25, 0.3) is 0 Å². The van der Waals surface area contributed by atoms with E-state index in [4.69, 9.17) is 4.74 Å². The van der Waals surface area contributed by atoms with Crippen molar-refractivity contribution >= 4 is 5.97 Å². The summed E-state index contributed by atoms with van der Waals surface area (Å²) in [4.78, 5) is 11.5. The Bertz CT molecular complexity index is 362. The van der Waals surface area contributed by atoms with Crippen LogP contribution in [0.4, 0.5) is 4.39 Å². The number of carbonyl (C=O) groups excluding carboxylic acids is 1. The smallest absolute Gasteiger partial charge is 0.323 e. The van der Waals surface area contributed by atoms with Crippen molar-refractivity contribution in [3.63, 3.8) is 0 Å². The van der Waals surface area contributed by atoms with E-state index in [-0.39, 0.29) is 23.7 Å². The lowest BCUT2D eigenvalue weighted by Gasteiger charge is -2.19. The normalized spacial score (nSPS) is 12.5. The molecule has 3 nitrogen and oxygen atoms in total. The van der Waals surface area contributed by atoms with Crippen molar-refractivity contribution < 1.29 is 13.9 Å². The molecule has 1 N–H and O–H groups in total. The van der Waals surface area contributed by atoms with Gasteiger partial charge in [0.1, 0.15) is 11.9 Å². The zero-order valence-electron chi connectivity index (χ0n) is 10.4. The number of ether oxygens (including phenoxy) is 1. The second kappa shape index (κ2) is 6.35. The fourth-order valence-electron chi connectivity index (χ4n) is 1.55. The van der Waals surface area contributed by atoms with Gasteiger partial charge in [-0.2, -0.15) is 0 Å². The van der Waals surface area contributed by atoms with E-state index in [1.165, 1.54) is 19.2 Å². The van der Waals surface area contributed by atoms with E-state index in [1.54, 1.807) is 12.1 Å². The Balaban J connectivity index is 2.58. The molecule has 4 heteroatoms. The van der Waals surface area contributed by atoms with E-state index >= 15 is 0 Å². The highest BCUT2D eigenvalue weighted by Gasteiger charge is 2.21. The lowest BCUT2D eigenvalue weighted by Crippen LogP contribution is -2.41. The Labute approximate surface area is 101 Å². The van der Waals surface area contributed by atoms with Crippen LogP contribution in [0.25, 0.3) is 0 Å². The Morgan fingerprint density at radius 3 is 2.41 bits per heavy atom. The molecule has 0 aliphatic rings. The molecular formula is C13H18FNO2. The topological polar surface area (TPSA) is 38.3 Å². The van der Waals surface area contributed by atoms with Gasteiger partial charge >= 0.3 is 5.97 Å². The Hall–Kier alpha value is -1.42. The molecule has 0 bridgehead atoms. The minimum Gasteiger partial charge on any atom is -0.468 e. The van der Waals surface area contributed by atoms with Crippen LogP contribution in [0.15, 0.2) is 24.3 Å². The van der Waals surface area contributed by atoms with Crippen molar-refractivity contribution in [3.05, 3.63) is 35.6 Å². The maximum Gasteiger partial charge on any atom is 0.323 e. The average Bonchev–Trinajstić information content (AvgIpc) is 2.31. The third kappa shape index (κ3) is 4.15. The molecule has 0 radical (unpaired) electrons. The van der Waals surface area contributed by atoms with Crippen molar-refractivity contribution in [1.29, 1.82) is 0 Å². The number of halogens is 1. The lowest BCUT2D eigenvalue weighted by molar-refractivity contribution is -0.144. The van der Waals surface area contributed by atoms with Crippen molar-refractivity contribution in [2.45, 2.75) is 26.4 Å². The maximum absolute atomic E-state index is 12.7. The van der Waals surface area contributed by atoms with Gasteiger partial charge in [0.15, 0.2) is 0 Å². The molecule has 0 saturated heterocycles. The van der Waals surface area contributed by atoms with Crippen LogP contribution in [0.2, 0.25) is 0 Å². The molecule has 0 fully saturated rings. The minimum atomic E-state index is -0.343. The van der Waals surface area contributed by atoms with Gasteiger partial charge in [-0.05, 0) is 23.6 Å². The van der Waals surface area contributed by atoms with E-state index in [0.717, 1.165) is 5.56 Å². The number of hydrogen-bond acceptors (Lipinski definition) is 3. The highest BCUT2D eigenvalue weighted by atomic mass is 19.1. The van der Waals surface area contributed by atoms with Gasteiger partial charge in [-0.1, -0.05) is 26.0 Å². The van der Waals surface area contributed by atoms with Gasteiger partial charge in [0.2, 0.25) is 0 Å². The first-order valence-corrected chi connectivity index (χ1v) is 5.60. The molecule has 1 aromatic rings. The maximum atomic E-state index is 12.7. The highest BCUT2D eigenvalue weighted by molar-refractivity contribution is 5.75. The van der Waals surface area contributed by atoms with Crippen molar-refractivity contribution in [1.82, 2.24) is 5.32 Å². The summed E-state index contributed by atoms with van der Waals surface area (Å²) in [7, 11) is 1.37.